The maximum atomic E-state index is 11.8. The second-order valence-corrected chi connectivity index (χ2v) is 5.81. The Balaban J connectivity index is 0.000000615. The van der Waals surface area contributed by atoms with E-state index in [1.165, 1.54) is 10.4 Å². The second kappa shape index (κ2) is 10.2. The first-order valence-electron chi connectivity index (χ1n) is 8.39. The molecule has 1 aliphatic rings. The lowest BCUT2D eigenvalue weighted by molar-refractivity contribution is -0.123. The van der Waals surface area contributed by atoms with Crippen molar-refractivity contribution in [1.29, 1.82) is 0 Å². The number of thiophene rings is 1. The number of primary amides is 1. The summed E-state index contributed by atoms with van der Waals surface area (Å²) in [6, 6.07) is 11.6. The highest BCUT2D eigenvalue weighted by atomic mass is 32.1. The van der Waals surface area contributed by atoms with Gasteiger partial charge in [0.1, 0.15) is 6.04 Å². The monoisotopic (exact) mass is 332 g/mol. The Kier molecular flexibility index (Phi) is 8.59. The van der Waals surface area contributed by atoms with Gasteiger partial charge in [-0.1, -0.05) is 58.0 Å². The van der Waals surface area contributed by atoms with Crippen LogP contribution in [0.1, 0.15) is 49.7 Å². The third kappa shape index (κ3) is 4.91. The number of hydrogen-bond acceptors (Lipinski definition) is 3. The summed E-state index contributed by atoms with van der Waals surface area (Å²) >= 11 is 1.80. The van der Waals surface area contributed by atoms with Crippen LogP contribution in [0.5, 0.6) is 0 Å². The molecule has 0 fully saturated rings. The number of carbonyl (C=O) groups is 1. The Bertz CT molecular complexity index is 580. The molecule has 1 aromatic heterocycles. The van der Waals surface area contributed by atoms with Crippen molar-refractivity contribution >= 4 is 17.2 Å². The zero-order valence-electron chi connectivity index (χ0n) is 14.6. The third-order valence-corrected chi connectivity index (χ3v) is 4.61. The van der Waals surface area contributed by atoms with E-state index in [2.05, 4.69) is 16.3 Å². The Labute approximate surface area is 144 Å². The predicted molar refractivity (Wildman–Crippen MR) is 99.5 cm³/mol. The Morgan fingerprint density at radius 3 is 2.39 bits per heavy atom. The number of amides is 1. The lowest BCUT2D eigenvalue weighted by Crippen LogP contribution is -2.40. The molecule has 126 valence electrons. The van der Waals surface area contributed by atoms with Crippen LogP contribution in [-0.2, 0) is 17.8 Å². The highest BCUT2D eigenvalue weighted by Gasteiger charge is 2.28. The topological polar surface area (TPSA) is 46.3 Å². The van der Waals surface area contributed by atoms with Crippen LogP contribution in [-0.4, -0.2) is 17.4 Å². The molecule has 0 radical (unpaired) electrons. The van der Waals surface area contributed by atoms with E-state index in [0.717, 1.165) is 25.1 Å². The first kappa shape index (κ1) is 19.4. The summed E-state index contributed by atoms with van der Waals surface area (Å²) in [6.45, 7) is 9.69. The van der Waals surface area contributed by atoms with Gasteiger partial charge < -0.3 is 5.73 Å². The lowest BCUT2D eigenvalue weighted by Gasteiger charge is -2.32. The molecule has 1 aromatic carbocycles. The van der Waals surface area contributed by atoms with Crippen LogP contribution in [0.2, 0.25) is 0 Å². The molecule has 2 aromatic rings. The van der Waals surface area contributed by atoms with Crippen LogP contribution in [0.4, 0.5) is 0 Å². The molecule has 0 spiro atoms. The number of nitrogens with two attached hydrogens (primary N) is 1. The number of fused-ring (bicyclic) bond motifs is 1. The molecule has 23 heavy (non-hydrogen) atoms. The zero-order chi connectivity index (χ0) is 17.2. The molecule has 1 atom stereocenters. The van der Waals surface area contributed by atoms with E-state index in [1.807, 2.05) is 58.0 Å². The van der Waals surface area contributed by atoms with Crippen molar-refractivity contribution in [2.24, 2.45) is 5.73 Å². The summed E-state index contributed by atoms with van der Waals surface area (Å²) in [5.74, 6) is -0.273. The normalized spacial score (nSPS) is 14.4. The van der Waals surface area contributed by atoms with Gasteiger partial charge in [0.05, 0.1) is 0 Å². The summed E-state index contributed by atoms with van der Waals surface area (Å²) < 4.78 is 0. The molecular weight excluding hydrogens is 304 g/mol. The van der Waals surface area contributed by atoms with E-state index in [0.29, 0.717) is 0 Å². The van der Waals surface area contributed by atoms with Gasteiger partial charge in [0.2, 0.25) is 5.91 Å². The summed E-state index contributed by atoms with van der Waals surface area (Å²) in [7, 11) is 0. The van der Waals surface area contributed by atoms with Gasteiger partial charge in [-0.2, -0.15) is 0 Å². The van der Waals surface area contributed by atoms with Crippen molar-refractivity contribution in [2.75, 3.05) is 6.54 Å². The molecule has 3 rings (SSSR count). The van der Waals surface area contributed by atoms with Crippen molar-refractivity contribution in [3.8, 4) is 0 Å². The van der Waals surface area contributed by atoms with Crippen molar-refractivity contribution in [3.63, 3.8) is 0 Å². The molecule has 1 aliphatic heterocycles. The van der Waals surface area contributed by atoms with Gasteiger partial charge in [0.25, 0.3) is 0 Å². The minimum Gasteiger partial charge on any atom is -0.368 e. The van der Waals surface area contributed by atoms with Gasteiger partial charge in [-0.05, 0) is 29.0 Å². The van der Waals surface area contributed by atoms with E-state index in [9.17, 15) is 4.79 Å². The van der Waals surface area contributed by atoms with Crippen LogP contribution in [0.15, 0.2) is 41.8 Å². The van der Waals surface area contributed by atoms with Gasteiger partial charge in [0, 0.05) is 18.0 Å². The van der Waals surface area contributed by atoms with Gasteiger partial charge >= 0.3 is 0 Å². The second-order valence-electron chi connectivity index (χ2n) is 4.81. The fourth-order valence-corrected chi connectivity index (χ4v) is 3.57. The summed E-state index contributed by atoms with van der Waals surface area (Å²) in [5.41, 5.74) is 7.93. The standard InChI is InChI=1S/C15H16N2OS.2C2H6/c16-15(18)14(11-4-2-1-3-5-11)17-8-6-13-12(10-17)7-9-19-13;2*1-2/h1-5,7,9,14H,6,8,10H2,(H2,16,18);2*1-2H3. The van der Waals surface area contributed by atoms with Crippen molar-refractivity contribution in [1.82, 2.24) is 4.90 Å². The number of carbonyl (C=O) groups excluding carboxylic acids is 1. The quantitative estimate of drug-likeness (QED) is 0.906. The maximum absolute atomic E-state index is 11.8. The van der Waals surface area contributed by atoms with Gasteiger partial charge in [-0.25, -0.2) is 0 Å². The minimum atomic E-state index is -0.325. The summed E-state index contributed by atoms with van der Waals surface area (Å²) in [4.78, 5) is 15.4. The predicted octanol–water partition coefficient (Wildman–Crippen LogP) is 4.39. The first-order valence-corrected chi connectivity index (χ1v) is 9.27. The highest BCUT2D eigenvalue weighted by molar-refractivity contribution is 7.10. The third-order valence-electron chi connectivity index (χ3n) is 3.59. The Morgan fingerprint density at radius 1 is 1.13 bits per heavy atom. The number of hydrogen-bond donors (Lipinski definition) is 1. The van der Waals surface area contributed by atoms with Crippen LogP contribution < -0.4 is 5.73 Å². The number of benzene rings is 1. The van der Waals surface area contributed by atoms with Gasteiger partial charge in [-0.15, -0.1) is 11.3 Å². The Morgan fingerprint density at radius 2 is 1.78 bits per heavy atom. The van der Waals surface area contributed by atoms with Crippen LogP contribution >= 0.6 is 11.3 Å². The van der Waals surface area contributed by atoms with E-state index in [4.69, 9.17) is 5.73 Å². The molecule has 2 N–H and O–H groups in total. The summed E-state index contributed by atoms with van der Waals surface area (Å²) in [5, 5.41) is 2.12. The molecular formula is C19H28N2OS. The molecule has 0 bridgehead atoms. The van der Waals surface area contributed by atoms with Crippen molar-refractivity contribution < 1.29 is 4.79 Å². The van der Waals surface area contributed by atoms with Crippen molar-refractivity contribution in [3.05, 3.63) is 57.8 Å². The smallest absolute Gasteiger partial charge is 0.239 e. The van der Waals surface area contributed by atoms with E-state index >= 15 is 0 Å². The molecule has 4 heteroatoms. The molecule has 1 amide bonds. The number of nitrogens with zero attached hydrogens (tertiary/aromatic N) is 1. The molecule has 1 unspecified atom stereocenters. The SMILES string of the molecule is CC.CC.NC(=O)C(c1ccccc1)N1CCc2sccc2C1. The van der Waals surface area contributed by atoms with Crippen LogP contribution in [0.25, 0.3) is 0 Å². The molecule has 3 nitrogen and oxygen atoms in total. The average Bonchev–Trinajstić information content (AvgIpc) is 3.07. The van der Waals surface area contributed by atoms with E-state index < -0.39 is 0 Å². The molecule has 2 heterocycles. The van der Waals surface area contributed by atoms with Crippen LogP contribution in [0.3, 0.4) is 0 Å². The molecule has 0 aliphatic carbocycles. The minimum absolute atomic E-state index is 0.273. The van der Waals surface area contributed by atoms with Crippen molar-refractivity contribution in [2.45, 2.75) is 46.7 Å². The Hall–Kier alpha value is -1.65. The fourth-order valence-electron chi connectivity index (χ4n) is 2.68. The zero-order valence-corrected chi connectivity index (χ0v) is 15.4. The van der Waals surface area contributed by atoms with Gasteiger partial charge in [-0.3, -0.25) is 9.69 Å². The summed E-state index contributed by atoms with van der Waals surface area (Å²) in [6.07, 6.45) is 1.00. The number of rotatable bonds is 3. The molecule has 0 saturated heterocycles. The lowest BCUT2D eigenvalue weighted by atomic mass is 10.0. The molecule has 0 saturated carbocycles. The largest absolute Gasteiger partial charge is 0.368 e. The van der Waals surface area contributed by atoms with E-state index in [-0.39, 0.29) is 11.9 Å². The first-order chi connectivity index (χ1) is 11.3. The fraction of sp³-hybridized carbons (Fsp3) is 0.421. The van der Waals surface area contributed by atoms with Gasteiger partial charge in [0.15, 0.2) is 0 Å². The average molecular weight is 333 g/mol. The van der Waals surface area contributed by atoms with E-state index in [1.54, 1.807) is 11.3 Å². The maximum Gasteiger partial charge on any atom is 0.239 e. The highest BCUT2D eigenvalue weighted by Crippen LogP contribution is 2.30. The van der Waals surface area contributed by atoms with Crippen LogP contribution in [0, 0.1) is 0 Å².